The van der Waals surface area contributed by atoms with Crippen molar-refractivity contribution in [2.75, 3.05) is 19.0 Å². The number of nitrogens with zero attached hydrogens (tertiary/aromatic N) is 2. The minimum absolute atomic E-state index is 0.100. The van der Waals surface area contributed by atoms with Crippen LogP contribution in [0, 0.1) is 0 Å². The number of aromatic nitrogens is 2. The maximum atomic E-state index is 11.9. The van der Waals surface area contributed by atoms with Gasteiger partial charge in [-0.15, -0.1) is 0 Å². The molecule has 0 radical (unpaired) electrons. The third kappa shape index (κ3) is 4.61. The molecule has 6 heteroatoms. The highest BCUT2D eigenvalue weighted by molar-refractivity contribution is 5.93. The molecule has 2 N–H and O–H groups in total. The number of rotatable bonds is 7. The second-order valence-electron chi connectivity index (χ2n) is 4.79. The van der Waals surface area contributed by atoms with Gasteiger partial charge in [0.05, 0.1) is 25.7 Å². The molecular formula is C15H20N4O2. The van der Waals surface area contributed by atoms with E-state index in [-0.39, 0.29) is 18.5 Å². The van der Waals surface area contributed by atoms with Gasteiger partial charge in [-0.2, -0.15) is 0 Å². The number of hydrogen-bond acceptors (Lipinski definition) is 4. The molecule has 1 atom stereocenters. The Morgan fingerprint density at radius 2 is 2.24 bits per heavy atom. The Kier molecular flexibility index (Phi) is 5.34. The largest absolute Gasteiger partial charge is 0.495 e. The molecule has 0 spiro atoms. The minimum atomic E-state index is -0.100. The second-order valence-corrected chi connectivity index (χ2v) is 4.79. The number of anilines is 1. The number of benzene rings is 1. The molecule has 1 aromatic carbocycles. The number of carbonyl (C=O) groups is 1. The van der Waals surface area contributed by atoms with Gasteiger partial charge in [-0.25, -0.2) is 4.98 Å². The van der Waals surface area contributed by atoms with Gasteiger partial charge in [0.15, 0.2) is 0 Å². The van der Waals surface area contributed by atoms with Gasteiger partial charge in [0.1, 0.15) is 5.75 Å². The number of imidazole rings is 1. The Balaban J connectivity index is 1.79. The van der Waals surface area contributed by atoms with Crippen LogP contribution in [0.2, 0.25) is 0 Å². The summed E-state index contributed by atoms with van der Waals surface area (Å²) >= 11 is 0. The highest BCUT2D eigenvalue weighted by Crippen LogP contribution is 2.22. The van der Waals surface area contributed by atoms with E-state index in [1.807, 2.05) is 42.0 Å². The fourth-order valence-corrected chi connectivity index (χ4v) is 1.98. The number of carbonyl (C=O) groups excluding carboxylic acids is 1. The maximum absolute atomic E-state index is 11.9. The zero-order valence-corrected chi connectivity index (χ0v) is 12.2. The van der Waals surface area contributed by atoms with Crippen LogP contribution in [0.5, 0.6) is 5.75 Å². The van der Waals surface area contributed by atoms with E-state index in [9.17, 15) is 4.79 Å². The van der Waals surface area contributed by atoms with Gasteiger partial charge in [-0.3, -0.25) is 4.79 Å². The second kappa shape index (κ2) is 7.44. The molecule has 0 aliphatic heterocycles. The summed E-state index contributed by atoms with van der Waals surface area (Å²) in [6.45, 7) is 3.03. The lowest BCUT2D eigenvalue weighted by molar-refractivity contribution is -0.115. The molecule has 1 amide bonds. The Morgan fingerprint density at radius 1 is 1.43 bits per heavy atom. The zero-order chi connectivity index (χ0) is 15.1. The van der Waals surface area contributed by atoms with E-state index in [0.717, 1.165) is 6.54 Å². The third-order valence-electron chi connectivity index (χ3n) is 3.04. The van der Waals surface area contributed by atoms with Crippen LogP contribution < -0.4 is 15.4 Å². The lowest BCUT2D eigenvalue weighted by atomic mass is 10.3. The molecule has 2 rings (SSSR count). The number of methoxy groups -OCH3 is 1. The van der Waals surface area contributed by atoms with Crippen molar-refractivity contribution in [3.8, 4) is 5.75 Å². The fourth-order valence-electron chi connectivity index (χ4n) is 1.98. The van der Waals surface area contributed by atoms with E-state index >= 15 is 0 Å². The molecule has 112 valence electrons. The SMILES string of the molecule is COc1ccccc1NC(=O)CNC(C)Cn1ccnc1. The number of amides is 1. The number of hydrogen-bond donors (Lipinski definition) is 2. The van der Waals surface area contributed by atoms with E-state index < -0.39 is 0 Å². The molecule has 0 bridgehead atoms. The molecule has 1 heterocycles. The Labute approximate surface area is 124 Å². The van der Waals surface area contributed by atoms with Crippen LogP contribution in [-0.4, -0.2) is 35.2 Å². The van der Waals surface area contributed by atoms with Gasteiger partial charge < -0.3 is 19.9 Å². The van der Waals surface area contributed by atoms with Crippen LogP contribution in [0.4, 0.5) is 5.69 Å². The standard InChI is InChI=1S/C15H20N4O2/c1-12(10-19-8-7-16-11-19)17-9-15(20)18-13-5-3-4-6-14(13)21-2/h3-8,11-12,17H,9-10H2,1-2H3,(H,18,20). The Morgan fingerprint density at radius 3 is 2.95 bits per heavy atom. The van der Waals surface area contributed by atoms with Gasteiger partial charge in [0.25, 0.3) is 0 Å². The first kappa shape index (κ1) is 15.1. The summed E-state index contributed by atoms with van der Waals surface area (Å²) in [4.78, 5) is 15.9. The third-order valence-corrected chi connectivity index (χ3v) is 3.04. The quantitative estimate of drug-likeness (QED) is 0.810. The van der Waals surface area contributed by atoms with Gasteiger partial charge in [0.2, 0.25) is 5.91 Å². The number of para-hydroxylation sites is 2. The first-order valence-corrected chi connectivity index (χ1v) is 6.81. The van der Waals surface area contributed by atoms with Crippen molar-refractivity contribution in [1.82, 2.24) is 14.9 Å². The Hall–Kier alpha value is -2.34. The molecular weight excluding hydrogens is 268 g/mol. The molecule has 0 saturated heterocycles. The van der Waals surface area contributed by atoms with Gasteiger partial charge in [-0.1, -0.05) is 12.1 Å². The first-order valence-electron chi connectivity index (χ1n) is 6.81. The van der Waals surface area contributed by atoms with Crippen molar-refractivity contribution in [3.63, 3.8) is 0 Å². The lowest BCUT2D eigenvalue weighted by Crippen LogP contribution is -2.36. The van der Waals surface area contributed by atoms with E-state index in [4.69, 9.17) is 4.74 Å². The molecule has 0 aliphatic carbocycles. The topological polar surface area (TPSA) is 68.2 Å². The highest BCUT2D eigenvalue weighted by atomic mass is 16.5. The van der Waals surface area contributed by atoms with Crippen molar-refractivity contribution in [1.29, 1.82) is 0 Å². The van der Waals surface area contributed by atoms with Crippen LogP contribution in [0.15, 0.2) is 43.0 Å². The molecule has 1 unspecified atom stereocenters. The van der Waals surface area contributed by atoms with Crippen LogP contribution in [0.25, 0.3) is 0 Å². The molecule has 0 aliphatic rings. The van der Waals surface area contributed by atoms with Gasteiger partial charge in [0, 0.05) is 25.0 Å². The average molecular weight is 288 g/mol. The van der Waals surface area contributed by atoms with Crippen LogP contribution >= 0.6 is 0 Å². The van der Waals surface area contributed by atoms with Gasteiger partial charge in [-0.05, 0) is 19.1 Å². The molecule has 6 nitrogen and oxygen atoms in total. The highest BCUT2D eigenvalue weighted by Gasteiger charge is 2.08. The smallest absolute Gasteiger partial charge is 0.238 e. The molecule has 1 aromatic heterocycles. The fraction of sp³-hybridized carbons (Fsp3) is 0.333. The monoisotopic (exact) mass is 288 g/mol. The first-order chi connectivity index (χ1) is 10.2. The predicted molar refractivity (Wildman–Crippen MR) is 81.3 cm³/mol. The molecule has 0 saturated carbocycles. The summed E-state index contributed by atoms with van der Waals surface area (Å²) in [5.74, 6) is 0.550. The summed E-state index contributed by atoms with van der Waals surface area (Å²) in [5.41, 5.74) is 0.675. The van der Waals surface area contributed by atoms with Gasteiger partial charge >= 0.3 is 0 Å². The number of nitrogens with one attached hydrogen (secondary N) is 2. The summed E-state index contributed by atoms with van der Waals surface area (Å²) in [5, 5.41) is 6.01. The summed E-state index contributed by atoms with van der Waals surface area (Å²) in [6, 6.07) is 7.51. The van der Waals surface area contributed by atoms with Crippen molar-refractivity contribution in [2.45, 2.75) is 19.5 Å². The summed E-state index contributed by atoms with van der Waals surface area (Å²) in [7, 11) is 1.58. The van der Waals surface area contributed by atoms with Crippen LogP contribution in [0.3, 0.4) is 0 Å². The summed E-state index contributed by atoms with van der Waals surface area (Å²) < 4.78 is 7.16. The van der Waals surface area contributed by atoms with Crippen LogP contribution in [-0.2, 0) is 11.3 Å². The molecule has 21 heavy (non-hydrogen) atoms. The van der Waals surface area contributed by atoms with E-state index in [0.29, 0.717) is 11.4 Å². The van der Waals surface area contributed by atoms with Crippen molar-refractivity contribution >= 4 is 11.6 Å². The normalized spacial score (nSPS) is 11.9. The maximum Gasteiger partial charge on any atom is 0.238 e. The average Bonchev–Trinajstić information content (AvgIpc) is 2.98. The summed E-state index contributed by atoms with van der Waals surface area (Å²) in [6.07, 6.45) is 5.39. The van der Waals surface area contributed by atoms with Crippen LogP contribution in [0.1, 0.15) is 6.92 Å². The van der Waals surface area contributed by atoms with Crippen molar-refractivity contribution in [2.24, 2.45) is 0 Å². The lowest BCUT2D eigenvalue weighted by Gasteiger charge is -2.15. The van der Waals surface area contributed by atoms with E-state index in [1.165, 1.54) is 0 Å². The Bertz CT molecular complexity index is 569. The van der Waals surface area contributed by atoms with Crippen molar-refractivity contribution < 1.29 is 9.53 Å². The van der Waals surface area contributed by atoms with Crippen molar-refractivity contribution in [3.05, 3.63) is 43.0 Å². The molecule has 0 fully saturated rings. The number of ether oxygens (including phenoxy) is 1. The van der Waals surface area contributed by atoms with E-state index in [2.05, 4.69) is 15.6 Å². The minimum Gasteiger partial charge on any atom is -0.495 e. The van der Waals surface area contributed by atoms with E-state index in [1.54, 1.807) is 19.6 Å². The predicted octanol–water partition coefficient (Wildman–Crippen LogP) is 1.51. The zero-order valence-electron chi connectivity index (χ0n) is 12.2. The molecule has 2 aromatic rings.